The van der Waals surface area contributed by atoms with Crippen LogP contribution in [-0.4, -0.2) is 33.2 Å². The van der Waals surface area contributed by atoms with Gasteiger partial charge in [-0.25, -0.2) is 0 Å². The molecule has 2 heterocycles. The Morgan fingerprint density at radius 2 is 2.17 bits per heavy atom. The molecule has 1 saturated carbocycles. The third kappa shape index (κ3) is 1.92. The number of hydrogen-bond donors (Lipinski definition) is 1. The molecule has 0 radical (unpaired) electrons. The summed E-state index contributed by atoms with van der Waals surface area (Å²) in [5, 5.41) is 4.40. The summed E-state index contributed by atoms with van der Waals surface area (Å²) in [6.45, 7) is 1.65. The summed E-state index contributed by atoms with van der Waals surface area (Å²) in [5.74, 6) is -0.492. The highest BCUT2D eigenvalue weighted by Gasteiger charge is 2.35. The molecule has 1 fully saturated rings. The van der Waals surface area contributed by atoms with E-state index >= 15 is 0 Å². The van der Waals surface area contributed by atoms with E-state index in [0.717, 1.165) is 18.8 Å². The highest BCUT2D eigenvalue weighted by molar-refractivity contribution is 5.82. The molecular formula is C13H20N4O. The van der Waals surface area contributed by atoms with E-state index in [2.05, 4.69) is 10.00 Å². The molecule has 18 heavy (non-hydrogen) atoms. The highest BCUT2D eigenvalue weighted by Crippen LogP contribution is 2.32. The van der Waals surface area contributed by atoms with Crippen molar-refractivity contribution in [3.05, 3.63) is 17.5 Å². The molecule has 0 aromatic carbocycles. The number of amides is 1. The number of nitrogens with zero attached hydrogens (tertiary/aromatic N) is 3. The van der Waals surface area contributed by atoms with E-state index in [0.29, 0.717) is 6.04 Å². The average Bonchev–Trinajstić information content (AvgIpc) is 2.93. The summed E-state index contributed by atoms with van der Waals surface area (Å²) < 4.78 is 1.79. The van der Waals surface area contributed by atoms with Crippen molar-refractivity contribution in [3.63, 3.8) is 0 Å². The number of carbonyl (C=O) groups excluding carboxylic acids is 1. The number of nitrogens with two attached hydrogens (primary N) is 1. The zero-order valence-electron chi connectivity index (χ0n) is 10.8. The summed E-state index contributed by atoms with van der Waals surface area (Å²) >= 11 is 0. The van der Waals surface area contributed by atoms with Crippen LogP contribution in [0.1, 0.15) is 42.9 Å². The first-order valence-electron chi connectivity index (χ1n) is 6.71. The first kappa shape index (κ1) is 11.7. The van der Waals surface area contributed by atoms with Gasteiger partial charge in [-0.05, 0) is 12.8 Å². The zero-order valence-corrected chi connectivity index (χ0v) is 10.8. The Kier molecular flexibility index (Phi) is 2.86. The molecule has 3 rings (SSSR count). The quantitative estimate of drug-likeness (QED) is 0.840. The van der Waals surface area contributed by atoms with Gasteiger partial charge in [0.25, 0.3) is 0 Å². The van der Waals surface area contributed by atoms with Crippen LogP contribution in [0.15, 0.2) is 6.20 Å². The Balaban J connectivity index is 1.89. The van der Waals surface area contributed by atoms with Crippen LogP contribution < -0.4 is 5.73 Å². The molecule has 2 aliphatic rings. The fourth-order valence-corrected chi connectivity index (χ4v) is 3.35. The minimum absolute atomic E-state index is 0.240. The van der Waals surface area contributed by atoms with Gasteiger partial charge in [-0.2, -0.15) is 5.10 Å². The maximum atomic E-state index is 11.6. The second-order valence-electron chi connectivity index (χ2n) is 5.54. The van der Waals surface area contributed by atoms with Crippen LogP contribution in [0.25, 0.3) is 0 Å². The molecule has 0 saturated heterocycles. The molecule has 1 amide bonds. The minimum Gasteiger partial charge on any atom is -0.369 e. The van der Waals surface area contributed by atoms with E-state index in [1.807, 2.05) is 13.2 Å². The summed E-state index contributed by atoms with van der Waals surface area (Å²) in [4.78, 5) is 14.1. The van der Waals surface area contributed by atoms with E-state index in [1.54, 1.807) is 4.68 Å². The maximum Gasteiger partial charge on any atom is 0.227 e. The molecule has 0 bridgehead atoms. The number of carbonyl (C=O) groups is 1. The molecule has 1 aliphatic carbocycles. The lowest BCUT2D eigenvalue weighted by Gasteiger charge is -2.34. The van der Waals surface area contributed by atoms with Crippen molar-refractivity contribution in [1.82, 2.24) is 14.7 Å². The third-order valence-electron chi connectivity index (χ3n) is 4.24. The van der Waals surface area contributed by atoms with Gasteiger partial charge < -0.3 is 5.73 Å². The van der Waals surface area contributed by atoms with Crippen molar-refractivity contribution >= 4 is 5.91 Å². The molecule has 0 unspecified atom stereocenters. The van der Waals surface area contributed by atoms with Crippen LogP contribution in [0, 0.1) is 0 Å². The van der Waals surface area contributed by atoms with Crippen molar-refractivity contribution in [3.8, 4) is 0 Å². The molecule has 1 aliphatic heterocycles. The summed E-state index contributed by atoms with van der Waals surface area (Å²) in [5.41, 5.74) is 7.59. The number of hydrogen-bond acceptors (Lipinski definition) is 3. The molecule has 1 aromatic heterocycles. The van der Waals surface area contributed by atoms with Gasteiger partial charge in [0.05, 0.1) is 11.6 Å². The summed E-state index contributed by atoms with van der Waals surface area (Å²) in [7, 11) is 1.90. The van der Waals surface area contributed by atoms with Gasteiger partial charge in [0.15, 0.2) is 0 Å². The Bertz CT molecular complexity index is 462. The molecular weight excluding hydrogens is 228 g/mol. The average molecular weight is 248 g/mol. The second kappa shape index (κ2) is 4.39. The fourth-order valence-electron chi connectivity index (χ4n) is 3.35. The Hall–Kier alpha value is -1.36. The van der Waals surface area contributed by atoms with Gasteiger partial charge in [-0.1, -0.05) is 12.8 Å². The Morgan fingerprint density at radius 3 is 2.83 bits per heavy atom. The van der Waals surface area contributed by atoms with E-state index in [9.17, 15) is 4.79 Å². The normalized spacial score (nSPS) is 25.3. The smallest absolute Gasteiger partial charge is 0.227 e. The number of aromatic nitrogens is 2. The molecule has 0 spiro atoms. The van der Waals surface area contributed by atoms with Crippen LogP contribution >= 0.6 is 0 Å². The van der Waals surface area contributed by atoms with Crippen LogP contribution in [0.5, 0.6) is 0 Å². The fraction of sp³-hybridized carbons (Fsp3) is 0.692. The maximum absolute atomic E-state index is 11.6. The Morgan fingerprint density at radius 1 is 1.44 bits per heavy atom. The van der Waals surface area contributed by atoms with E-state index < -0.39 is 0 Å². The lowest BCUT2D eigenvalue weighted by Crippen LogP contribution is -2.43. The van der Waals surface area contributed by atoms with Crippen molar-refractivity contribution in [1.29, 1.82) is 0 Å². The van der Waals surface area contributed by atoms with Crippen molar-refractivity contribution in [2.75, 3.05) is 6.54 Å². The van der Waals surface area contributed by atoms with Crippen LogP contribution in [-0.2, 0) is 18.4 Å². The van der Waals surface area contributed by atoms with Crippen molar-refractivity contribution in [2.24, 2.45) is 12.8 Å². The second-order valence-corrected chi connectivity index (χ2v) is 5.54. The van der Waals surface area contributed by atoms with Crippen LogP contribution in [0.4, 0.5) is 0 Å². The zero-order chi connectivity index (χ0) is 12.7. The molecule has 2 N–H and O–H groups in total. The van der Waals surface area contributed by atoms with E-state index in [1.165, 1.54) is 31.2 Å². The Labute approximate surface area is 107 Å². The standard InChI is InChI=1S/C13H20N4O/c1-16-6-9-7-17(10-4-2-3-5-10)8-11(13(14)18)12(9)15-16/h6,10-11H,2-5,7-8H2,1H3,(H2,14,18)/t11-/m1/s1. The number of rotatable bonds is 2. The molecule has 5 heteroatoms. The van der Waals surface area contributed by atoms with Gasteiger partial charge >= 0.3 is 0 Å². The van der Waals surface area contributed by atoms with E-state index in [4.69, 9.17) is 5.73 Å². The van der Waals surface area contributed by atoms with Crippen molar-refractivity contribution in [2.45, 2.75) is 44.2 Å². The molecule has 98 valence electrons. The summed E-state index contributed by atoms with van der Waals surface area (Å²) in [6.07, 6.45) is 7.14. The van der Waals surface area contributed by atoms with Crippen LogP contribution in [0.3, 0.4) is 0 Å². The molecule has 1 aromatic rings. The number of aryl methyl sites for hydroxylation is 1. The van der Waals surface area contributed by atoms with Crippen LogP contribution in [0.2, 0.25) is 0 Å². The lowest BCUT2D eigenvalue weighted by molar-refractivity contribution is -0.120. The molecule has 5 nitrogen and oxygen atoms in total. The van der Waals surface area contributed by atoms with Gasteiger partial charge in [0.1, 0.15) is 0 Å². The summed E-state index contributed by atoms with van der Waals surface area (Å²) in [6, 6.07) is 0.625. The monoisotopic (exact) mass is 248 g/mol. The number of primary amides is 1. The minimum atomic E-state index is -0.252. The van der Waals surface area contributed by atoms with Gasteiger partial charge in [-0.3, -0.25) is 14.4 Å². The third-order valence-corrected chi connectivity index (χ3v) is 4.24. The van der Waals surface area contributed by atoms with Gasteiger partial charge in [0, 0.05) is 37.9 Å². The first-order chi connectivity index (χ1) is 8.65. The lowest BCUT2D eigenvalue weighted by atomic mass is 9.94. The van der Waals surface area contributed by atoms with Gasteiger partial charge in [0.2, 0.25) is 5.91 Å². The highest BCUT2D eigenvalue weighted by atomic mass is 16.1. The largest absolute Gasteiger partial charge is 0.369 e. The first-order valence-corrected chi connectivity index (χ1v) is 6.71. The molecule has 1 atom stereocenters. The predicted molar refractivity (Wildman–Crippen MR) is 67.8 cm³/mol. The van der Waals surface area contributed by atoms with Gasteiger partial charge in [-0.15, -0.1) is 0 Å². The van der Waals surface area contributed by atoms with Crippen molar-refractivity contribution < 1.29 is 4.79 Å². The van der Waals surface area contributed by atoms with E-state index in [-0.39, 0.29) is 11.8 Å². The SMILES string of the molecule is Cn1cc2c(n1)[C@H](C(N)=O)CN(C1CCCC1)C2. The number of fused-ring (bicyclic) bond motifs is 1. The topological polar surface area (TPSA) is 64.2 Å². The predicted octanol–water partition coefficient (Wildman–Crippen LogP) is 0.747.